The number of nitriles is 1. The van der Waals surface area contributed by atoms with Crippen molar-refractivity contribution in [1.82, 2.24) is 0 Å². The second-order valence-electron chi connectivity index (χ2n) is 4.03. The van der Waals surface area contributed by atoms with Crippen LogP contribution in [0.25, 0.3) is 0 Å². The summed E-state index contributed by atoms with van der Waals surface area (Å²) >= 11 is 0. The molecule has 0 fully saturated rings. The summed E-state index contributed by atoms with van der Waals surface area (Å²) in [6.45, 7) is 2.03. The molecule has 0 unspecified atom stereocenters. The van der Waals surface area contributed by atoms with E-state index in [2.05, 4.69) is 6.07 Å². The van der Waals surface area contributed by atoms with Crippen molar-refractivity contribution >= 4 is 11.4 Å². The molecule has 0 saturated heterocycles. The van der Waals surface area contributed by atoms with Gasteiger partial charge in [0.15, 0.2) is 0 Å². The van der Waals surface area contributed by atoms with Crippen LogP contribution in [-0.2, 0) is 0 Å². The van der Waals surface area contributed by atoms with Crippen LogP contribution in [0.4, 0.5) is 11.4 Å². The maximum Gasteiger partial charge on any atom is 0.101 e. The van der Waals surface area contributed by atoms with E-state index in [9.17, 15) is 0 Å². The van der Waals surface area contributed by atoms with E-state index in [-0.39, 0.29) is 0 Å². The molecule has 0 aromatic heterocycles. The molecule has 0 heterocycles. The van der Waals surface area contributed by atoms with Crippen LogP contribution < -0.4 is 4.90 Å². The predicted octanol–water partition coefficient (Wildman–Crippen LogP) is 3.63. The van der Waals surface area contributed by atoms with Crippen molar-refractivity contribution in [3.8, 4) is 6.07 Å². The molecule has 0 N–H and O–H groups in total. The molecule has 2 rings (SSSR count). The Morgan fingerprint density at radius 3 is 2.41 bits per heavy atom. The molecule has 0 spiro atoms. The van der Waals surface area contributed by atoms with Gasteiger partial charge >= 0.3 is 0 Å². The van der Waals surface area contributed by atoms with Gasteiger partial charge in [-0.1, -0.05) is 24.3 Å². The molecule has 0 aliphatic carbocycles. The molecule has 0 aliphatic heterocycles. The van der Waals surface area contributed by atoms with Crippen molar-refractivity contribution in [2.24, 2.45) is 0 Å². The molecule has 0 aliphatic rings. The number of aryl methyl sites for hydroxylation is 1. The average molecular weight is 222 g/mol. The summed E-state index contributed by atoms with van der Waals surface area (Å²) in [5.41, 5.74) is 3.87. The Balaban J connectivity index is 2.47. The third-order valence-electron chi connectivity index (χ3n) is 2.78. The van der Waals surface area contributed by atoms with Gasteiger partial charge < -0.3 is 4.90 Å². The highest BCUT2D eigenvalue weighted by Crippen LogP contribution is 2.27. The van der Waals surface area contributed by atoms with Crippen molar-refractivity contribution in [2.45, 2.75) is 6.92 Å². The van der Waals surface area contributed by atoms with E-state index >= 15 is 0 Å². The van der Waals surface area contributed by atoms with Crippen LogP contribution in [0.1, 0.15) is 11.1 Å². The highest BCUT2D eigenvalue weighted by Gasteiger charge is 2.08. The minimum Gasteiger partial charge on any atom is -0.344 e. The first-order chi connectivity index (χ1) is 8.22. The van der Waals surface area contributed by atoms with E-state index in [1.54, 1.807) is 0 Å². The average Bonchev–Trinajstić information content (AvgIpc) is 2.39. The van der Waals surface area contributed by atoms with Crippen LogP contribution in [0.15, 0.2) is 48.5 Å². The van der Waals surface area contributed by atoms with Gasteiger partial charge in [0.25, 0.3) is 0 Å². The van der Waals surface area contributed by atoms with E-state index in [4.69, 9.17) is 5.26 Å². The minimum absolute atomic E-state index is 0.696. The first-order valence-corrected chi connectivity index (χ1v) is 5.52. The van der Waals surface area contributed by atoms with Crippen LogP contribution in [0.5, 0.6) is 0 Å². The van der Waals surface area contributed by atoms with Crippen LogP contribution in [0, 0.1) is 18.3 Å². The number of benzene rings is 2. The van der Waals surface area contributed by atoms with Crippen molar-refractivity contribution in [2.75, 3.05) is 11.9 Å². The third-order valence-corrected chi connectivity index (χ3v) is 2.78. The predicted molar refractivity (Wildman–Crippen MR) is 70.4 cm³/mol. The van der Waals surface area contributed by atoms with Gasteiger partial charge in [-0.2, -0.15) is 5.26 Å². The Kier molecular flexibility index (Phi) is 3.11. The van der Waals surface area contributed by atoms with Gasteiger partial charge in [-0.05, 0) is 36.8 Å². The fourth-order valence-electron chi connectivity index (χ4n) is 1.80. The summed E-state index contributed by atoms with van der Waals surface area (Å²) in [5, 5.41) is 9.13. The summed E-state index contributed by atoms with van der Waals surface area (Å²) in [4.78, 5) is 2.03. The second-order valence-corrected chi connectivity index (χ2v) is 4.03. The Morgan fingerprint density at radius 1 is 1.06 bits per heavy atom. The second kappa shape index (κ2) is 4.71. The smallest absolute Gasteiger partial charge is 0.101 e. The Bertz CT molecular complexity index is 553. The number of nitrogens with zero attached hydrogens (tertiary/aromatic N) is 2. The molecule has 0 atom stereocenters. The fraction of sp³-hybridized carbons (Fsp3) is 0.133. The van der Waals surface area contributed by atoms with E-state index in [1.165, 1.54) is 0 Å². The topological polar surface area (TPSA) is 27.0 Å². The third kappa shape index (κ3) is 2.29. The van der Waals surface area contributed by atoms with Gasteiger partial charge in [0, 0.05) is 12.7 Å². The number of hydrogen-bond donors (Lipinski definition) is 0. The van der Waals surface area contributed by atoms with Gasteiger partial charge in [0.05, 0.1) is 11.3 Å². The molecular weight excluding hydrogens is 208 g/mol. The maximum absolute atomic E-state index is 9.13. The molecule has 2 aromatic rings. The van der Waals surface area contributed by atoms with Crippen LogP contribution in [0.3, 0.4) is 0 Å². The molecule has 84 valence electrons. The SMILES string of the molecule is Cc1ccc(C#N)c(N(C)c2ccccc2)c1. The van der Waals surface area contributed by atoms with E-state index in [0.717, 1.165) is 16.9 Å². The van der Waals surface area contributed by atoms with E-state index < -0.39 is 0 Å². The van der Waals surface area contributed by atoms with Gasteiger partial charge in [0.2, 0.25) is 0 Å². The summed E-state index contributed by atoms with van der Waals surface area (Å²) in [5.74, 6) is 0. The first kappa shape index (κ1) is 11.2. The summed E-state index contributed by atoms with van der Waals surface area (Å²) in [6.07, 6.45) is 0. The van der Waals surface area contributed by atoms with Crippen molar-refractivity contribution in [1.29, 1.82) is 5.26 Å². The summed E-state index contributed by atoms with van der Waals surface area (Å²) < 4.78 is 0. The quantitative estimate of drug-likeness (QED) is 0.775. The largest absolute Gasteiger partial charge is 0.344 e. The molecular formula is C15H14N2. The first-order valence-electron chi connectivity index (χ1n) is 5.52. The molecule has 0 radical (unpaired) electrons. The maximum atomic E-state index is 9.13. The monoisotopic (exact) mass is 222 g/mol. The lowest BCUT2D eigenvalue weighted by atomic mass is 10.1. The minimum atomic E-state index is 0.696. The lowest BCUT2D eigenvalue weighted by molar-refractivity contribution is 1.19. The van der Waals surface area contributed by atoms with Gasteiger partial charge in [-0.15, -0.1) is 0 Å². The molecule has 0 saturated carbocycles. The molecule has 0 amide bonds. The van der Waals surface area contributed by atoms with E-state index in [1.807, 2.05) is 67.4 Å². The van der Waals surface area contributed by atoms with Gasteiger partial charge in [-0.3, -0.25) is 0 Å². The van der Waals surface area contributed by atoms with Gasteiger partial charge in [0.1, 0.15) is 6.07 Å². The molecule has 17 heavy (non-hydrogen) atoms. The Labute approximate surface area is 102 Å². The number of anilines is 2. The number of hydrogen-bond acceptors (Lipinski definition) is 2. The number of para-hydroxylation sites is 1. The molecule has 2 nitrogen and oxygen atoms in total. The zero-order valence-corrected chi connectivity index (χ0v) is 10.0. The van der Waals surface area contributed by atoms with Crippen molar-refractivity contribution < 1.29 is 0 Å². The van der Waals surface area contributed by atoms with E-state index in [0.29, 0.717) is 5.56 Å². The molecule has 2 heteroatoms. The lowest BCUT2D eigenvalue weighted by Gasteiger charge is -2.21. The molecule has 0 bridgehead atoms. The Morgan fingerprint density at radius 2 is 1.76 bits per heavy atom. The normalized spacial score (nSPS) is 9.71. The summed E-state index contributed by atoms with van der Waals surface area (Å²) in [7, 11) is 1.98. The van der Waals surface area contributed by atoms with Crippen molar-refractivity contribution in [3.05, 3.63) is 59.7 Å². The summed E-state index contributed by atoms with van der Waals surface area (Å²) in [6, 6.07) is 18.1. The highest BCUT2D eigenvalue weighted by molar-refractivity contribution is 5.69. The lowest BCUT2D eigenvalue weighted by Crippen LogP contribution is -2.11. The van der Waals surface area contributed by atoms with Crippen LogP contribution >= 0.6 is 0 Å². The number of rotatable bonds is 2. The van der Waals surface area contributed by atoms with Crippen molar-refractivity contribution in [3.63, 3.8) is 0 Å². The fourth-order valence-corrected chi connectivity index (χ4v) is 1.80. The van der Waals surface area contributed by atoms with Crippen LogP contribution in [0.2, 0.25) is 0 Å². The zero-order chi connectivity index (χ0) is 12.3. The molecule has 2 aromatic carbocycles. The highest BCUT2D eigenvalue weighted by atomic mass is 15.1. The Hall–Kier alpha value is -2.27. The standard InChI is InChI=1S/C15H14N2/c1-12-8-9-13(11-16)15(10-12)17(2)14-6-4-3-5-7-14/h3-10H,1-2H3. The van der Waals surface area contributed by atoms with Gasteiger partial charge in [-0.25, -0.2) is 0 Å². The zero-order valence-electron chi connectivity index (χ0n) is 10.0. The van der Waals surface area contributed by atoms with Crippen LogP contribution in [-0.4, -0.2) is 7.05 Å².